The highest BCUT2D eigenvalue weighted by atomic mass is 32.2. The lowest BCUT2D eigenvalue weighted by molar-refractivity contribution is -0.127. The minimum atomic E-state index is 0.0277. The molecule has 6 nitrogen and oxygen atoms in total. The minimum Gasteiger partial charge on any atom is -0.493 e. The van der Waals surface area contributed by atoms with Crippen molar-refractivity contribution in [3.63, 3.8) is 0 Å². The number of methoxy groups -OCH3 is 2. The van der Waals surface area contributed by atoms with Crippen molar-refractivity contribution < 1.29 is 14.3 Å². The summed E-state index contributed by atoms with van der Waals surface area (Å²) in [6, 6.07) is 13.7. The molecule has 0 aliphatic rings. The molecule has 0 atom stereocenters. The topological polar surface area (TPSA) is 75.5 Å². The number of carbonyl (C=O) groups is 1. The highest BCUT2D eigenvalue weighted by Gasteiger charge is 2.19. The first-order valence-electron chi connectivity index (χ1n) is 10.2. The summed E-state index contributed by atoms with van der Waals surface area (Å²) in [5.41, 5.74) is 2.76. The average molecular weight is 468 g/mol. The third kappa shape index (κ3) is 5.06. The summed E-state index contributed by atoms with van der Waals surface area (Å²) in [4.78, 5) is 20.1. The molecule has 3 aromatic rings. The van der Waals surface area contributed by atoms with Crippen LogP contribution in [-0.2, 0) is 4.79 Å². The molecule has 0 fully saturated rings. The first kappa shape index (κ1) is 23.6. The number of rotatable bonds is 9. The molecular formula is C24H25N3O3S2. The number of thiophene rings is 1. The molecule has 1 amide bonds. The number of benzene rings is 1. The van der Waals surface area contributed by atoms with Crippen molar-refractivity contribution in [2.45, 2.75) is 18.9 Å². The Morgan fingerprint density at radius 2 is 1.91 bits per heavy atom. The maximum atomic E-state index is 12.6. The highest BCUT2D eigenvalue weighted by Crippen LogP contribution is 2.38. The smallest absolute Gasteiger partial charge is 0.232 e. The van der Waals surface area contributed by atoms with Gasteiger partial charge in [-0.3, -0.25) is 4.79 Å². The third-order valence-electron chi connectivity index (χ3n) is 5.01. The van der Waals surface area contributed by atoms with Gasteiger partial charge >= 0.3 is 0 Å². The van der Waals surface area contributed by atoms with Crippen molar-refractivity contribution in [1.29, 1.82) is 5.26 Å². The lowest BCUT2D eigenvalue weighted by atomic mass is 10.00. The molecule has 2 aromatic heterocycles. The Balaban J connectivity index is 2.10. The van der Waals surface area contributed by atoms with Gasteiger partial charge in [0, 0.05) is 18.7 Å². The average Bonchev–Trinajstić information content (AvgIpc) is 3.37. The van der Waals surface area contributed by atoms with Crippen LogP contribution in [0.15, 0.2) is 46.8 Å². The van der Waals surface area contributed by atoms with Gasteiger partial charge in [-0.05, 0) is 49.1 Å². The largest absolute Gasteiger partial charge is 0.493 e. The first-order chi connectivity index (χ1) is 15.6. The second-order valence-electron chi connectivity index (χ2n) is 6.75. The molecule has 166 valence electrons. The van der Waals surface area contributed by atoms with E-state index in [4.69, 9.17) is 14.5 Å². The van der Waals surface area contributed by atoms with Gasteiger partial charge in [-0.2, -0.15) is 5.26 Å². The maximum Gasteiger partial charge on any atom is 0.232 e. The van der Waals surface area contributed by atoms with E-state index in [-0.39, 0.29) is 11.7 Å². The zero-order chi connectivity index (χ0) is 23.1. The molecule has 8 heteroatoms. The summed E-state index contributed by atoms with van der Waals surface area (Å²) >= 11 is 2.88. The molecule has 0 saturated heterocycles. The van der Waals surface area contributed by atoms with Gasteiger partial charge < -0.3 is 14.4 Å². The number of amides is 1. The van der Waals surface area contributed by atoms with Gasteiger partial charge in [0.05, 0.1) is 36.1 Å². The molecule has 32 heavy (non-hydrogen) atoms. The zero-order valence-corrected chi connectivity index (χ0v) is 20.2. The number of pyridine rings is 1. The van der Waals surface area contributed by atoms with E-state index in [0.717, 1.165) is 21.7 Å². The standard InChI is InChI=1S/C24H25N3O3S2/c1-5-27(6-2)23(28)15-32-24-18(14-25)17(13-19(26-24)22-8-7-11-31-22)16-9-10-20(29-3)21(12-16)30-4/h7-13H,5-6,15H2,1-4H3. The number of thioether (sulfide) groups is 1. The van der Waals surface area contributed by atoms with Gasteiger partial charge in [0.2, 0.25) is 5.91 Å². The van der Waals surface area contributed by atoms with Crippen molar-refractivity contribution in [2.75, 3.05) is 33.1 Å². The highest BCUT2D eigenvalue weighted by molar-refractivity contribution is 8.00. The predicted molar refractivity (Wildman–Crippen MR) is 129 cm³/mol. The molecule has 0 N–H and O–H groups in total. The van der Waals surface area contributed by atoms with Crippen LogP contribution in [0, 0.1) is 11.3 Å². The van der Waals surface area contributed by atoms with Gasteiger partial charge in [0.25, 0.3) is 0 Å². The lowest BCUT2D eigenvalue weighted by Gasteiger charge is -2.18. The normalized spacial score (nSPS) is 10.5. The van der Waals surface area contributed by atoms with Crippen molar-refractivity contribution in [3.8, 4) is 39.3 Å². The summed E-state index contributed by atoms with van der Waals surface area (Å²) < 4.78 is 10.8. The van der Waals surface area contributed by atoms with Crippen LogP contribution >= 0.6 is 23.1 Å². The quantitative estimate of drug-likeness (QED) is 0.396. The third-order valence-corrected chi connectivity index (χ3v) is 6.87. The molecular weight excluding hydrogens is 442 g/mol. The Kier molecular flexibility index (Phi) is 8.14. The SMILES string of the molecule is CCN(CC)C(=O)CSc1nc(-c2cccs2)cc(-c2ccc(OC)c(OC)c2)c1C#N. The van der Waals surface area contributed by atoms with Gasteiger partial charge in [-0.15, -0.1) is 11.3 Å². The van der Waals surface area contributed by atoms with E-state index in [1.54, 1.807) is 30.5 Å². The van der Waals surface area contributed by atoms with E-state index in [9.17, 15) is 10.1 Å². The van der Waals surface area contributed by atoms with Crippen LogP contribution in [0.4, 0.5) is 0 Å². The Labute approximate surface area is 196 Å². The first-order valence-corrected chi connectivity index (χ1v) is 12.0. The molecule has 0 spiro atoms. The predicted octanol–water partition coefficient (Wildman–Crippen LogP) is 5.33. The maximum absolute atomic E-state index is 12.6. The second-order valence-corrected chi connectivity index (χ2v) is 8.66. The number of ether oxygens (including phenoxy) is 2. The number of nitrogens with zero attached hydrogens (tertiary/aromatic N) is 3. The molecule has 0 saturated carbocycles. The fraction of sp³-hybridized carbons (Fsp3) is 0.292. The summed E-state index contributed by atoms with van der Waals surface area (Å²) in [5.74, 6) is 1.44. The van der Waals surface area contributed by atoms with Crippen molar-refractivity contribution in [2.24, 2.45) is 0 Å². The van der Waals surface area contributed by atoms with Crippen molar-refractivity contribution in [3.05, 3.63) is 47.3 Å². The molecule has 0 bridgehead atoms. The van der Waals surface area contributed by atoms with E-state index in [0.29, 0.717) is 35.2 Å². The number of carbonyl (C=O) groups excluding carboxylic acids is 1. The molecule has 0 unspecified atom stereocenters. The van der Waals surface area contributed by atoms with E-state index in [1.165, 1.54) is 11.8 Å². The zero-order valence-electron chi connectivity index (χ0n) is 18.5. The van der Waals surface area contributed by atoms with Crippen LogP contribution in [0.25, 0.3) is 21.7 Å². The van der Waals surface area contributed by atoms with Crippen LogP contribution in [0.2, 0.25) is 0 Å². The van der Waals surface area contributed by atoms with E-state index in [1.807, 2.05) is 55.6 Å². The number of nitriles is 1. The Morgan fingerprint density at radius 3 is 2.50 bits per heavy atom. The summed E-state index contributed by atoms with van der Waals surface area (Å²) in [5, 5.41) is 12.6. The van der Waals surface area contributed by atoms with E-state index < -0.39 is 0 Å². The molecule has 0 aliphatic heterocycles. The van der Waals surface area contributed by atoms with Crippen LogP contribution in [-0.4, -0.2) is 48.9 Å². The fourth-order valence-corrected chi connectivity index (χ4v) is 4.91. The van der Waals surface area contributed by atoms with Gasteiger partial charge in [-0.25, -0.2) is 4.98 Å². The summed E-state index contributed by atoms with van der Waals surface area (Å²) in [6.07, 6.45) is 0. The van der Waals surface area contributed by atoms with Crippen molar-refractivity contribution >= 4 is 29.0 Å². The number of aromatic nitrogens is 1. The Morgan fingerprint density at radius 1 is 1.16 bits per heavy atom. The number of hydrogen-bond donors (Lipinski definition) is 0. The van der Waals surface area contributed by atoms with E-state index >= 15 is 0 Å². The monoisotopic (exact) mass is 467 g/mol. The van der Waals surface area contributed by atoms with Crippen molar-refractivity contribution in [1.82, 2.24) is 9.88 Å². The fourth-order valence-electron chi connectivity index (χ4n) is 3.31. The molecule has 2 heterocycles. The van der Waals surface area contributed by atoms with Crippen LogP contribution in [0.5, 0.6) is 11.5 Å². The van der Waals surface area contributed by atoms with Gasteiger partial charge in [0.1, 0.15) is 11.1 Å². The second kappa shape index (κ2) is 11.0. The summed E-state index contributed by atoms with van der Waals surface area (Å²) in [6.45, 7) is 5.22. The molecule has 0 aliphatic carbocycles. The summed E-state index contributed by atoms with van der Waals surface area (Å²) in [7, 11) is 3.16. The van der Waals surface area contributed by atoms with Gasteiger partial charge in [-0.1, -0.05) is 23.9 Å². The van der Waals surface area contributed by atoms with Crippen LogP contribution in [0.3, 0.4) is 0 Å². The van der Waals surface area contributed by atoms with Crippen LogP contribution in [0.1, 0.15) is 19.4 Å². The molecule has 0 radical (unpaired) electrons. The molecule has 1 aromatic carbocycles. The van der Waals surface area contributed by atoms with Crippen LogP contribution < -0.4 is 9.47 Å². The molecule has 3 rings (SSSR count). The van der Waals surface area contributed by atoms with E-state index in [2.05, 4.69) is 6.07 Å². The lowest BCUT2D eigenvalue weighted by Crippen LogP contribution is -2.31. The Hall–Kier alpha value is -3.02. The number of hydrogen-bond acceptors (Lipinski definition) is 7. The minimum absolute atomic E-state index is 0.0277. The van der Waals surface area contributed by atoms with Gasteiger partial charge in [0.15, 0.2) is 11.5 Å². The Bertz CT molecular complexity index is 1120.